The predicted molar refractivity (Wildman–Crippen MR) is 118 cm³/mol. The zero-order valence-electron chi connectivity index (χ0n) is 17.9. The quantitative estimate of drug-likeness (QED) is 0.356. The zero-order chi connectivity index (χ0) is 22.5. The number of benzene rings is 3. The van der Waals surface area contributed by atoms with Crippen LogP contribution in [0.4, 0.5) is 0 Å². The van der Waals surface area contributed by atoms with E-state index in [9.17, 15) is 5.21 Å². The largest absolute Gasteiger partial charge is 0.367 e. The molecule has 0 radical (unpaired) electrons. The Labute approximate surface area is 191 Å². The standard InChI is InChI=1S/C26H24N2O5/c29-28-23-22(27-33-28)24(30-16-19-10-4-1-5-11-19)26(32-18-21-14-8-3-9-15-21)25(23)31-17-20-12-6-2-7-13-20/h1-15,24-26H,16-18H2/t24-,25+,26+/m0/s1. The summed E-state index contributed by atoms with van der Waals surface area (Å²) >= 11 is 0. The van der Waals surface area contributed by atoms with Crippen molar-refractivity contribution in [3.05, 3.63) is 124 Å². The fraction of sp³-hybridized carbons (Fsp3) is 0.231. The van der Waals surface area contributed by atoms with Crippen molar-refractivity contribution in [1.29, 1.82) is 0 Å². The minimum atomic E-state index is -0.687. The predicted octanol–water partition coefficient (Wildman–Crippen LogP) is 4.42. The summed E-state index contributed by atoms with van der Waals surface area (Å²) in [5.41, 5.74) is 3.72. The van der Waals surface area contributed by atoms with Crippen LogP contribution in [0.3, 0.4) is 0 Å². The Morgan fingerprint density at radius 1 is 0.667 bits per heavy atom. The molecule has 0 N–H and O–H groups in total. The van der Waals surface area contributed by atoms with Crippen molar-refractivity contribution >= 4 is 0 Å². The third-order valence-electron chi connectivity index (χ3n) is 5.64. The summed E-state index contributed by atoms with van der Waals surface area (Å²) in [5, 5.41) is 16.5. The Balaban J connectivity index is 1.40. The van der Waals surface area contributed by atoms with Gasteiger partial charge >= 0.3 is 0 Å². The fourth-order valence-electron chi connectivity index (χ4n) is 3.99. The topological polar surface area (TPSA) is 80.7 Å². The molecule has 33 heavy (non-hydrogen) atoms. The van der Waals surface area contributed by atoms with Gasteiger partial charge in [-0.05, 0) is 21.6 Å². The van der Waals surface area contributed by atoms with E-state index in [0.717, 1.165) is 16.7 Å². The van der Waals surface area contributed by atoms with Crippen molar-refractivity contribution in [2.24, 2.45) is 0 Å². The molecule has 0 saturated heterocycles. The van der Waals surface area contributed by atoms with Gasteiger partial charge in [-0.2, -0.15) is 0 Å². The van der Waals surface area contributed by atoms with Crippen molar-refractivity contribution in [3.63, 3.8) is 0 Å². The van der Waals surface area contributed by atoms with Gasteiger partial charge in [-0.3, -0.25) is 4.63 Å². The Bertz CT molecular complexity index is 1150. The molecular weight excluding hydrogens is 420 g/mol. The average Bonchev–Trinajstić information content (AvgIpc) is 3.39. The summed E-state index contributed by atoms with van der Waals surface area (Å²) in [6.07, 6.45) is -1.86. The summed E-state index contributed by atoms with van der Waals surface area (Å²) in [7, 11) is 0. The molecule has 0 fully saturated rings. The highest BCUT2D eigenvalue weighted by Gasteiger charge is 2.52. The molecule has 1 aromatic heterocycles. The van der Waals surface area contributed by atoms with E-state index in [1.54, 1.807) is 0 Å². The van der Waals surface area contributed by atoms with Gasteiger partial charge < -0.3 is 19.4 Å². The minimum absolute atomic E-state index is 0.294. The lowest BCUT2D eigenvalue weighted by molar-refractivity contribution is -0.810. The van der Waals surface area contributed by atoms with Crippen LogP contribution in [0.15, 0.2) is 95.6 Å². The Morgan fingerprint density at radius 2 is 1.12 bits per heavy atom. The molecule has 1 aliphatic rings. The van der Waals surface area contributed by atoms with Crippen LogP contribution in [0.2, 0.25) is 0 Å². The van der Waals surface area contributed by atoms with E-state index in [4.69, 9.17) is 18.8 Å². The van der Waals surface area contributed by atoms with Gasteiger partial charge in [0.25, 0.3) is 5.69 Å². The molecule has 1 aliphatic carbocycles. The first-order chi connectivity index (χ1) is 16.3. The average molecular weight is 444 g/mol. The lowest BCUT2D eigenvalue weighted by Gasteiger charge is -2.25. The van der Waals surface area contributed by atoms with Crippen LogP contribution in [0.25, 0.3) is 0 Å². The Hall–Kier alpha value is -3.52. The van der Waals surface area contributed by atoms with E-state index in [0.29, 0.717) is 36.1 Å². The van der Waals surface area contributed by atoms with E-state index >= 15 is 0 Å². The van der Waals surface area contributed by atoms with Crippen molar-refractivity contribution in [1.82, 2.24) is 5.16 Å². The first kappa shape index (κ1) is 21.3. The van der Waals surface area contributed by atoms with E-state index in [1.165, 1.54) is 0 Å². The second-order valence-electron chi connectivity index (χ2n) is 7.90. The molecule has 0 bridgehead atoms. The Morgan fingerprint density at radius 3 is 1.64 bits per heavy atom. The van der Waals surface area contributed by atoms with Crippen molar-refractivity contribution in [2.45, 2.75) is 38.1 Å². The zero-order valence-corrected chi connectivity index (χ0v) is 17.9. The molecule has 0 saturated carbocycles. The highest BCUT2D eigenvalue weighted by atomic mass is 16.8. The van der Waals surface area contributed by atoms with E-state index in [2.05, 4.69) is 5.16 Å². The third kappa shape index (κ3) is 4.80. The SMILES string of the molecule is [O-][n+]1onc2c1[C@@H](OCc1ccccc1)[C@H](OCc1ccccc1)[C@H]2OCc1ccccc1. The third-order valence-corrected chi connectivity index (χ3v) is 5.64. The normalized spacial score (nSPS) is 19.5. The van der Waals surface area contributed by atoms with Crippen LogP contribution in [0.5, 0.6) is 0 Å². The van der Waals surface area contributed by atoms with Crippen molar-refractivity contribution < 1.29 is 23.7 Å². The van der Waals surface area contributed by atoms with Crippen LogP contribution >= 0.6 is 0 Å². The maximum absolute atomic E-state index is 12.5. The smallest absolute Gasteiger partial charge is 0.255 e. The molecule has 0 unspecified atom stereocenters. The van der Waals surface area contributed by atoms with Crippen molar-refractivity contribution in [3.8, 4) is 0 Å². The maximum atomic E-state index is 12.5. The van der Waals surface area contributed by atoms with E-state index in [1.807, 2.05) is 91.0 Å². The van der Waals surface area contributed by atoms with Crippen LogP contribution in [0, 0.1) is 5.21 Å². The van der Waals surface area contributed by atoms with Crippen LogP contribution in [0.1, 0.15) is 40.3 Å². The van der Waals surface area contributed by atoms with E-state index < -0.39 is 18.3 Å². The molecule has 1 heterocycles. The summed E-state index contributed by atoms with van der Waals surface area (Å²) in [6.45, 7) is 1.00. The van der Waals surface area contributed by atoms with Gasteiger partial charge in [-0.15, -0.1) is 0 Å². The fourth-order valence-corrected chi connectivity index (χ4v) is 3.99. The van der Waals surface area contributed by atoms with Gasteiger partial charge in [-0.25, -0.2) is 0 Å². The first-order valence-corrected chi connectivity index (χ1v) is 10.9. The number of aromatic nitrogens is 2. The van der Waals surface area contributed by atoms with Crippen LogP contribution < -0.4 is 4.90 Å². The highest BCUT2D eigenvalue weighted by Crippen LogP contribution is 2.43. The number of rotatable bonds is 9. The van der Waals surface area contributed by atoms with Gasteiger partial charge in [0.15, 0.2) is 12.2 Å². The molecule has 5 rings (SSSR count). The van der Waals surface area contributed by atoms with Gasteiger partial charge in [0.2, 0.25) is 5.69 Å². The van der Waals surface area contributed by atoms with Gasteiger partial charge in [0, 0.05) is 5.16 Å². The van der Waals surface area contributed by atoms with E-state index in [-0.39, 0.29) is 0 Å². The number of nitrogens with zero attached hydrogens (tertiary/aromatic N) is 2. The molecule has 4 aromatic rings. The number of hydrogen-bond acceptors (Lipinski definition) is 6. The molecule has 7 heteroatoms. The molecular formula is C26H24N2O5. The minimum Gasteiger partial charge on any atom is -0.367 e. The second kappa shape index (κ2) is 9.95. The molecule has 0 aliphatic heterocycles. The molecule has 0 amide bonds. The lowest BCUT2D eigenvalue weighted by atomic mass is 10.2. The summed E-state index contributed by atoms with van der Waals surface area (Å²) in [4.78, 5) is 0.399. The number of fused-ring (bicyclic) bond motifs is 1. The highest BCUT2D eigenvalue weighted by molar-refractivity contribution is 5.24. The van der Waals surface area contributed by atoms with Gasteiger partial charge in [0.05, 0.1) is 19.8 Å². The molecule has 3 aromatic carbocycles. The maximum Gasteiger partial charge on any atom is 0.255 e. The van der Waals surface area contributed by atoms with Gasteiger partial charge in [-0.1, -0.05) is 91.0 Å². The van der Waals surface area contributed by atoms with Crippen LogP contribution in [-0.2, 0) is 34.0 Å². The van der Waals surface area contributed by atoms with Crippen LogP contribution in [-0.4, -0.2) is 11.3 Å². The van der Waals surface area contributed by atoms with Gasteiger partial charge in [0.1, 0.15) is 6.10 Å². The van der Waals surface area contributed by atoms with Crippen molar-refractivity contribution in [2.75, 3.05) is 0 Å². The summed E-state index contributed by atoms with van der Waals surface area (Å²) < 4.78 is 23.7. The summed E-state index contributed by atoms with van der Waals surface area (Å²) in [6, 6.07) is 29.5. The monoisotopic (exact) mass is 444 g/mol. The molecule has 168 valence electrons. The first-order valence-electron chi connectivity index (χ1n) is 10.9. The number of hydrogen-bond donors (Lipinski definition) is 0. The molecule has 3 atom stereocenters. The summed E-state index contributed by atoms with van der Waals surface area (Å²) in [5.74, 6) is 0. The molecule has 7 nitrogen and oxygen atoms in total. The Kier molecular flexibility index (Phi) is 6.44. The lowest BCUT2D eigenvalue weighted by Crippen LogP contribution is -2.34. The molecule has 0 spiro atoms. The second-order valence-corrected chi connectivity index (χ2v) is 7.90. The number of ether oxygens (including phenoxy) is 3.